The molecule has 0 saturated carbocycles. The van der Waals surface area contributed by atoms with Crippen LogP contribution in [0.4, 0.5) is 22.0 Å². The smallest absolute Gasteiger partial charge is 0.406 e. The fourth-order valence-corrected chi connectivity index (χ4v) is 3.62. The highest BCUT2D eigenvalue weighted by molar-refractivity contribution is 5.37. The maximum absolute atomic E-state index is 14.4. The maximum Gasteiger partial charge on any atom is 0.573 e. The third kappa shape index (κ3) is 3.80. The number of benzene rings is 2. The molecular weight excluding hydrogens is 425 g/mol. The average molecular weight is 441 g/mol. The Labute approximate surface area is 172 Å². The normalized spacial score (nSPS) is 19.3. The van der Waals surface area contributed by atoms with Crippen LogP contribution in [0.15, 0.2) is 47.3 Å². The van der Waals surface area contributed by atoms with E-state index in [2.05, 4.69) is 9.84 Å². The molecule has 1 saturated heterocycles. The molecule has 0 aliphatic carbocycles. The molecule has 6 nitrogen and oxygen atoms in total. The van der Waals surface area contributed by atoms with E-state index in [4.69, 9.17) is 4.74 Å². The van der Waals surface area contributed by atoms with Crippen LogP contribution in [0.3, 0.4) is 0 Å². The zero-order valence-electron chi connectivity index (χ0n) is 16.3. The van der Waals surface area contributed by atoms with E-state index >= 15 is 0 Å². The van der Waals surface area contributed by atoms with Crippen LogP contribution in [0.2, 0.25) is 0 Å². The van der Waals surface area contributed by atoms with Crippen molar-refractivity contribution < 1.29 is 31.4 Å². The van der Waals surface area contributed by atoms with E-state index in [-0.39, 0.29) is 23.7 Å². The third-order valence-electron chi connectivity index (χ3n) is 5.20. The largest absolute Gasteiger partial charge is 0.573 e. The number of nitrogens with zero attached hydrogens (tertiary/aromatic N) is 3. The summed E-state index contributed by atoms with van der Waals surface area (Å²) in [6.45, 7) is 3.33. The van der Waals surface area contributed by atoms with Crippen molar-refractivity contribution in [2.45, 2.75) is 31.9 Å². The van der Waals surface area contributed by atoms with E-state index in [9.17, 15) is 26.7 Å². The molecule has 4 rings (SSSR count). The average Bonchev–Trinajstić information content (AvgIpc) is 3.41. The Morgan fingerprint density at radius 2 is 1.81 bits per heavy atom. The van der Waals surface area contributed by atoms with Crippen LogP contribution in [-0.4, -0.2) is 27.3 Å². The highest BCUT2D eigenvalue weighted by Crippen LogP contribution is 2.48. The zero-order chi connectivity index (χ0) is 22.6. The Kier molecular flexibility index (Phi) is 4.88. The van der Waals surface area contributed by atoms with E-state index < -0.39 is 41.1 Å². The molecule has 0 radical (unpaired) electrons. The molecule has 11 heteroatoms. The lowest BCUT2D eigenvalue weighted by molar-refractivity contribution is -0.274. The van der Waals surface area contributed by atoms with Crippen molar-refractivity contribution in [3.05, 3.63) is 76.0 Å². The minimum Gasteiger partial charge on any atom is -0.406 e. The van der Waals surface area contributed by atoms with Gasteiger partial charge in [0.2, 0.25) is 0 Å². The van der Waals surface area contributed by atoms with Gasteiger partial charge in [-0.1, -0.05) is 6.07 Å². The van der Waals surface area contributed by atoms with Crippen molar-refractivity contribution in [2.75, 3.05) is 6.61 Å². The van der Waals surface area contributed by atoms with Crippen molar-refractivity contribution in [1.29, 1.82) is 0 Å². The summed E-state index contributed by atoms with van der Waals surface area (Å²) in [5.74, 6) is -1.68. The predicted octanol–water partition coefficient (Wildman–Crippen LogP) is 4.01. The van der Waals surface area contributed by atoms with E-state index in [0.29, 0.717) is 0 Å². The van der Waals surface area contributed by atoms with Crippen LogP contribution in [0, 0.1) is 18.6 Å². The molecule has 1 aliphatic heterocycles. The van der Waals surface area contributed by atoms with Crippen molar-refractivity contribution >= 4 is 0 Å². The van der Waals surface area contributed by atoms with Gasteiger partial charge in [0.15, 0.2) is 0 Å². The summed E-state index contributed by atoms with van der Waals surface area (Å²) in [5.41, 5.74) is -1.42. The van der Waals surface area contributed by atoms with Crippen molar-refractivity contribution in [1.82, 2.24) is 14.3 Å². The standard InChI is InChI=1S/C20H16F5N3O3/c1-11(19(10-30-19)16-8-3-13(21)9-17(16)22)27-12(2)26-28(18(27)29)14-4-6-15(7-5-14)31-20(23,24)25/h3-9,11H,10H2,1-2H3/t11-,19+/m1/s1. The first kappa shape index (κ1) is 21.0. The summed E-state index contributed by atoms with van der Waals surface area (Å²) >= 11 is 0. The molecule has 164 valence electrons. The Morgan fingerprint density at radius 3 is 2.35 bits per heavy atom. The number of alkyl halides is 3. The lowest BCUT2D eigenvalue weighted by Crippen LogP contribution is -2.33. The van der Waals surface area contributed by atoms with Crippen molar-refractivity contribution in [3.8, 4) is 11.4 Å². The molecule has 1 fully saturated rings. The van der Waals surface area contributed by atoms with Gasteiger partial charge >= 0.3 is 12.1 Å². The molecule has 0 bridgehead atoms. The molecule has 0 amide bonds. The van der Waals surface area contributed by atoms with Crippen LogP contribution < -0.4 is 10.4 Å². The summed E-state index contributed by atoms with van der Waals surface area (Å²) in [4.78, 5) is 13.0. The van der Waals surface area contributed by atoms with Gasteiger partial charge in [0.05, 0.1) is 18.3 Å². The second-order valence-electron chi connectivity index (χ2n) is 7.13. The summed E-state index contributed by atoms with van der Waals surface area (Å²) in [6, 6.07) is 7.08. The van der Waals surface area contributed by atoms with Gasteiger partial charge in [0.25, 0.3) is 0 Å². The number of halogens is 5. The molecule has 2 heterocycles. The predicted molar refractivity (Wildman–Crippen MR) is 97.9 cm³/mol. The number of hydrogen-bond donors (Lipinski definition) is 0. The highest BCUT2D eigenvalue weighted by atomic mass is 19.4. The number of hydrogen-bond acceptors (Lipinski definition) is 4. The number of aromatic nitrogens is 3. The summed E-state index contributed by atoms with van der Waals surface area (Å²) in [5, 5.41) is 4.17. The maximum atomic E-state index is 14.4. The van der Waals surface area contributed by atoms with Crippen molar-refractivity contribution in [3.63, 3.8) is 0 Å². The second-order valence-corrected chi connectivity index (χ2v) is 7.13. The molecule has 0 unspecified atom stereocenters. The first-order valence-electron chi connectivity index (χ1n) is 9.16. The molecule has 1 aromatic heterocycles. The SMILES string of the molecule is Cc1nn(-c2ccc(OC(F)(F)F)cc2)c(=O)n1[C@H](C)[C@]1(c2ccc(F)cc2F)CO1. The van der Waals surface area contributed by atoms with Gasteiger partial charge < -0.3 is 9.47 Å². The second kappa shape index (κ2) is 7.19. The zero-order valence-corrected chi connectivity index (χ0v) is 16.3. The number of ether oxygens (including phenoxy) is 2. The third-order valence-corrected chi connectivity index (χ3v) is 5.20. The topological polar surface area (TPSA) is 61.6 Å². The van der Waals surface area contributed by atoms with E-state index in [1.54, 1.807) is 13.8 Å². The lowest BCUT2D eigenvalue weighted by atomic mass is 9.92. The van der Waals surface area contributed by atoms with Gasteiger partial charge in [-0.25, -0.2) is 13.6 Å². The summed E-state index contributed by atoms with van der Waals surface area (Å²) < 4.78 is 76.3. The van der Waals surface area contributed by atoms with Gasteiger partial charge in [-0.3, -0.25) is 4.57 Å². The Hall–Kier alpha value is -3.21. The molecule has 0 spiro atoms. The highest BCUT2D eigenvalue weighted by Gasteiger charge is 2.54. The minimum absolute atomic E-state index is 0.120. The van der Waals surface area contributed by atoms with Crippen LogP contribution >= 0.6 is 0 Å². The van der Waals surface area contributed by atoms with Crippen LogP contribution in [0.25, 0.3) is 5.69 Å². The van der Waals surface area contributed by atoms with E-state index in [0.717, 1.165) is 28.9 Å². The van der Waals surface area contributed by atoms with E-state index in [1.807, 2.05) is 0 Å². The first-order valence-corrected chi connectivity index (χ1v) is 9.16. The van der Waals surface area contributed by atoms with Gasteiger partial charge in [-0.05, 0) is 44.2 Å². The molecular formula is C20H16F5N3O3. The minimum atomic E-state index is -4.83. The van der Waals surface area contributed by atoms with E-state index in [1.165, 1.54) is 22.8 Å². The Bertz CT molecular complexity index is 1180. The monoisotopic (exact) mass is 441 g/mol. The Balaban J connectivity index is 1.68. The molecule has 31 heavy (non-hydrogen) atoms. The molecule has 0 N–H and O–H groups in total. The molecule has 1 aliphatic rings. The number of aryl methyl sites for hydroxylation is 1. The molecule has 2 atom stereocenters. The quantitative estimate of drug-likeness (QED) is 0.444. The van der Waals surface area contributed by atoms with Crippen LogP contribution in [-0.2, 0) is 10.3 Å². The van der Waals surface area contributed by atoms with Crippen LogP contribution in [0.1, 0.15) is 24.4 Å². The summed E-state index contributed by atoms with van der Waals surface area (Å²) in [6.07, 6.45) is -4.83. The van der Waals surface area contributed by atoms with Gasteiger partial charge in [-0.15, -0.1) is 13.2 Å². The van der Waals surface area contributed by atoms with Gasteiger partial charge in [0.1, 0.15) is 28.8 Å². The molecule has 2 aromatic carbocycles. The first-order chi connectivity index (χ1) is 14.5. The van der Waals surface area contributed by atoms with Crippen LogP contribution in [0.5, 0.6) is 5.75 Å². The number of epoxide rings is 1. The lowest BCUT2D eigenvalue weighted by Gasteiger charge is -2.22. The molecule has 3 aromatic rings. The fraction of sp³-hybridized carbons (Fsp3) is 0.300. The van der Waals surface area contributed by atoms with Crippen molar-refractivity contribution in [2.24, 2.45) is 0 Å². The number of rotatable bonds is 5. The van der Waals surface area contributed by atoms with Gasteiger partial charge in [0, 0.05) is 11.6 Å². The fourth-order valence-electron chi connectivity index (χ4n) is 3.62. The summed E-state index contributed by atoms with van der Waals surface area (Å²) in [7, 11) is 0. The Morgan fingerprint density at radius 1 is 1.16 bits per heavy atom. The van der Waals surface area contributed by atoms with Gasteiger partial charge in [-0.2, -0.15) is 9.78 Å².